The molecule has 11 heteroatoms. The van der Waals surface area contributed by atoms with Gasteiger partial charge in [-0.2, -0.15) is 5.26 Å². The number of amides is 1. The monoisotopic (exact) mass is 475 g/mol. The van der Waals surface area contributed by atoms with Crippen molar-refractivity contribution in [2.75, 3.05) is 11.9 Å². The number of benzene rings is 2. The highest BCUT2D eigenvalue weighted by Gasteiger charge is 2.31. The molecule has 3 rings (SSSR count). The second-order valence-corrected chi connectivity index (χ2v) is 7.38. The standard InChI is InChI=1S/C22H20F3N5O2S/c1-2-30(13-26)20(31)19(11-14-12-27-18-6-4-3-5-17(14)18)29-21(33)28-15-7-9-16(10-8-15)32-22(23,24)25/h3-10,12,19,27H,2,11H2,1H3,(H2,28,29,33). The zero-order chi connectivity index (χ0) is 24.0. The molecule has 7 nitrogen and oxygen atoms in total. The van der Waals surface area contributed by atoms with Crippen LogP contribution in [-0.2, 0) is 11.2 Å². The molecule has 1 unspecified atom stereocenters. The fraction of sp³-hybridized carbons (Fsp3) is 0.227. The smallest absolute Gasteiger partial charge is 0.406 e. The van der Waals surface area contributed by atoms with E-state index in [9.17, 15) is 23.2 Å². The summed E-state index contributed by atoms with van der Waals surface area (Å²) in [4.78, 5) is 17.1. The van der Waals surface area contributed by atoms with Gasteiger partial charge < -0.3 is 20.4 Å². The summed E-state index contributed by atoms with van der Waals surface area (Å²) in [5.74, 6) is -0.824. The molecule has 172 valence electrons. The van der Waals surface area contributed by atoms with E-state index in [0.717, 1.165) is 33.5 Å². The number of carbonyl (C=O) groups is 1. The fourth-order valence-corrected chi connectivity index (χ4v) is 3.51. The third-order valence-corrected chi connectivity index (χ3v) is 4.97. The van der Waals surface area contributed by atoms with Crippen LogP contribution in [0, 0.1) is 11.5 Å². The molecule has 2 aromatic carbocycles. The van der Waals surface area contributed by atoms with E-state index in [1.54, 1.807) is 13.1 Å². The first-order valence-corrected chi connectivity index (χ1v) is 10.3. The Hall–Kier alpha value is -3.78. The molecule has 3 N–H and O–H groups in total. The molecule has 0 saturated carbocycles. The molecule has 0 radical (unpaired) electrons. The van der Waals surface area contributed by atoms with Gasteiger partial charge >= 0.3 is 6.36 Å². The number of nitriles is 1. The number of alkyl halides is 3. The molecule has 0 spiro atoms. The number of aromatic amines is 1. The van der Waals surface area contributed by atoms with Crippen molar-refractivity contribution < 1.29 is 22.7 Å². The van der Waals surface area contributed by atoms with Crippen LogP contribution >= 0.6 is 12.2 Å². The Morgan fingerprint density at radius 1 is 1.24 bits per heavy atom. The van der Waals surface area contributed by atoms with E-state index in [1.165, 1.54) is 12.1 Å². The Morgan fingerprint density at radius 3 is 2.58 bits per heavy atom. The second kappa shape index (κ2) is 10.2. The van der Waals surface area contributed by atoms with Gasteiger partial charge in [-0.1, -0.05) is 18.2 Å². The predicted molar refractivity (Wildman–Crippen MR) is 121 cm³/mol. The van der Waals surface area contributed by atoms with Gasteiger partial charge in [0.25, 0.3) is 5.91 Å². The average Bonchev–Trinajstić information content (AvgIpc) is 3.17. The zero-order valence-corrected chi connectivity index (χ0v) is 18.3. The first-order chi connectivity index (χ1) is 15.7. The minimum atomic E-state index is -4.78. The number of hydrogen-bond donors (Lipinski definition) is 3. The number of carbonyl (C=O) groups excluding carboxylic acids is 1. The molecule has 0 aliphatic heterocycles. The summed E-state index contributed by atoms with van der Waals surface area (Å²) < 4.78 is 40.8. The van der Waals surface area contributed by atoms with Crippen molar-refractivity contribution in [2.45, 2.75) is 25.7 Å². The van der Waals surface area contributed by atoms with Gasteiger partial charge in [-0.15, -0.1) is 13.2 Å². The fourth-order valence-electron chi connectivity index (χ4n) is 3.25. The minimum Gasteiger partial charge on any atom is -0.406 e. The molecule has 3 aromatic rings. The molecule has 0 fully saturated rings. The summed E-state index contributed by atoms with van der Waals surface area (Å²) in [5, 5.41) is 16.1. The van der Waals surface area contributed by atoms with Crippen LogP contribution in [0.1, 0.15) is 12.5 Å². The molecule has 1 heterocycles. The van der Waals surface area contributed by atoms with E-state index in [4.69, 9.17) is 12.2 Å². The van der Waals surface area contributed by atoms with Gasteiger partial charge in [0.05, 0.1) is 0 Å². The van der Waals surface area contributed by atoms with Crippen LogP contribution in [0.15, 0.2) is 54.7 Å². The molecule has 0 saturated heterocycles. The molecule has 1 aromatic heterocycles. The largest absolute Gasteiger partial charge is 0.573 e. The number of nitrogens with zero attached hydrogens (tertiary/aromatic N) is 2. The normalized spacial score (nSPS) is 12.0. The molecular weight excluding hydrogens is 455 g/mol. The highest BCUT2D eigenvalue weighted by atomic mass is 32.1. The number of ether oxygens (including phenoxy) is 1. The number of thiocarbonyl (C=S) groups is 1. The van der Waals surface area contributed by atoms with Gasteiger partial charge in [-0.3, -0.25) is 4.79 Å². The number of H-pyrrole nitrogens is 1. The Kier molecular flexibility index (Phi) is 7.40. The van der Waals surface area contributed by atoms with Crippen LogP contribution in [0.3, 0.4) is 0 Å². The molecule has 0 aliphatic rings. The quantitative estimate of drug-likeness (QED) is 0.268. The van der Waals surface area contributed by atoms with Crippen molar-refractivity contribution in [3.8, 4) is 11.9 Å². The van der Waals surface area contributed by atoms with Gasteiger partial charge in [0.15, 0.2) is 11.3 Å². The van der Waals surface area contributed by atoms with Gasteiger partial charge in [-0.25, -0.2) is 4.90 Å². The Labute approximate surface area is 193 Å². The van der Waals surface area contributed by atoms with E-state index >= 15 is 0 Å². The zero-order valence-electron chi connectivity index (χ0n) is 17.4. The summed E-state index contributed by atoms with van der Waals surface area (Å²) in [6.07, 6.45) is -0.873. The summed E-state index contributed by atoms with van der Waals surface area (Å²) in [5.41, 5.74) is 2.17. The van der Waals surface area contributed by atoms with Gasteiger partial charge in [0, 0.05) is 35.8 Å². The summed E-state index contributed by atoms with van der Waals surface area (Å²) >= 11 is 5.31. The van der Waals surface area contributed by atoms with Crippen LogP contribution in [0.25, 0.3) is 10.9 Å². The van der Waals surface area contributed by atoms with Crippen LogP contribution in [0.2, 0.25) is 0 Å². The maximum absolute atomic E-state index is 13.0. The second-order valence-electron chi connectivity index (χ2n) is 6.97. The maximum Gasteiger partial charge on any atom is 0.573 e. The van der Waals surface area contributed by atoms with Crippen molar-refractivity contribution in [2.24, 2.45) is 0 Å². The van der Waals surface area contributed by atoms with Gasteiger partial charge in [0.1, 0.15) is 11.8 Å². The van der Waals surface area contributed by atoms with Crippen LogP contribution in [0.5, 0.6) is 5.75 Å². The van der Waals surface area contributed by atoms with Gasteiger partial charge in [-0.05, 0) is 55.0 Å². The molecule has 1 atom stereocenters. The van der Waals surface area contributed by atoms with Crippen molar-refractivity contribution in [3.63, 3.8) is 0 Å². The van der Waals surface area contributed by atoms with E-state index < -0.39 is 18.3 Å². The summed E-state index contributed by atoms with van der Waals surface area (Å²) in [6.45, 7) is 1.88. The van der Waals surface area contributed by atoms with Crippen LogP contribution in [0.4, 0.5) is 18.9 Å². The van der Waals surface area contributed by atoms with Crippen LogP contribution < -0.4 is 15.4 Å². The number of nitrogens with one attached hydrogen (secondary N) is 3. The molecular formula is C22H20F3N5O2S. The third-order valence-electron chi connectivity index (χ3n) is 4.75. The number of halogens is 3. The number of aromatic nitrogens is 1. The molecule has 0 aliphatic carbocycles. The van der Waals surface area contributed by atoms with Crippen molar-refractivity contribution in [1.82, 2.24) is 15.2 Å². The third kappa shape index (κ3) is 6.36. The van der Waals surface area contributed by atoms with Gasteiger partial charge in [0.2, 0.25) is 0 Å². The number of likely N-dealkylation sites (N-methyl/N-ethyl adjacent to an activating group) is 1. The number of para-hydroxylation sites is 1. The number of hydrogen-bond acceptors (Lipinski definition) is 4. The number of anilines is 1. The number of rotatable bonds is 7. The first kappa shape index (κ1) is 23.9. The summed E-state index contributed by atoms with van der Waals surface area (Å²) in [6, 6.07) is 11.8. The molecule has 33 heavy (non-hydrogen) atoms. The van der Waals surface area contributed by atoms with E-state index in [0.29, 0.717) is 5.69 Å². The Bertz CT molecular complexity index is 1170. The van der Waals surface area contributed by atoms with E-state index in [1.807, 2.05) is 30.5 Å². The lowest BCUT2D eigenvalue weighted by Crippen LogP contribution is -2.49. The van der Waals surface area contributed by atoms with Crippen LogP contribution in [-0.4, -0.2) is 39.9 Å². The lowest BCUT2D eigenvalue weighted by Gasteiger charge is -2.23. The lowest BCUT2D eigenvalue weighted by molar-refractivity contribution is -0.274. The number of fused-ring (bicyclic) bond motifs is 1. The van der Waals surface area contributed by atoms with E-state index in [2.05, 4.69) is 20.4 Å². The molecule has 0 bridgehead atoms. The maximum atomic E-state index is 13.0. The Morgan fingerprint density at radius 2 is 1.94 bits per heavy atom. The Balaban J connectivity index is 1.74. The average molecular weight is 475 g/mol. The highest BCUT2D eigenvalue weighted by molar-refractivity contribution is 7.80. The highest BCUT2D eigenvalue weighted by Crippen LogP contribution is 2.24. The van der Waals surface area contributed by atoms with Crippen molar-refractivity contribution in [1.29, 1.82) is 5.26 Å². The summed E-state index contributed by atoms with van der Waals surface area (Å²) in [7, 11) is 0. The van der Waals surface area contributed by atoms with Crippen molar-refractivity contribution >= 4 is 39.8 Å². The lowest BCUT2D eigenvalue weighted by atomic mass is 10.0. The SMILES string of the molecule is CCN(C#N)C(=O)C(Cc1c[nH]c2ccccc12)NC(=S)Nc1ccc(OC(F)(F)F)cc1. The topological polar surface area (TPSA) is 93.2 Å². The predicted octanol–water partition coefficient (Wildman–Crippen LogP) is 4.29. The molecule has 1 amide bonds. The minimum absolute atomic E-state index is 0.0756. The van der Waals surface area contributed by atoms with Crippen molar-refractivity contribution in [3.05, 3.63) is 60.3 Å². The first-order valence-electron chi connectivity index (χ1n) is 9.89. The van der Waals surface area contributed by atoms with E-state index in [-0.39, 0.29) is 23.8 Å².